The number of nitrogens with zero attached hydrogens (tertiary/aromatic N) is 2. The zero-order valence-corrected chi connectivity index (χ0v) is 24.3. The van der Waals surface area contributed by atoms with Crippen LogP contribution in [0, 0.1) is 6.92 Å². The van der Waals surface area contributed by atoms with Gasteiger partial charge in [0.2, 0.25) is 21.8 Å². The lowest BCUT2D eigenvalue weighted by Gasteiger charge is -2.33. The summed E-state index contributed by atoms with van der Waals surface area (Å²) in [5.41, 5.74) is 3.13. The van der Waals surface area contributed by atoms with Crippen molar-refractivity contribution >= 4 is 43.5 Å². The van der Waals surface area contributed by atoms with Gasteiger partial charge < -0.3 is 10.2 Å². The summed E-state index contributed by atoms with van der Waals surface area (Å²) in [6.07, 6.45) is 2.11. The number of aryl methyl sites for hydroxylation is 1. The molecule has 3 aromatic rings. The molecule has 0 aliphatic rings. The van der Waals surface area contributed by atoms with E-state index in [1.54, 1.807) is 24.3 Å². The predicted octanol–water partition coefficient (Wildman–Crippen LogP) is 4.69. The van der Waals surface area contributed by atoms with Crippen LogP contribution in [0.2, 0.25) is 0 Å². The minimum absolute atomic E-state index is 0.158. The highest BCUT2D eigenvalue weighted by molar-refractivity contribution is 9.10. The van der Waals surface area contributed by atoms with Crippen LogP contribution in [0.25, 0.3) is 0 Å². The molecule has 2 amide bonds. The fraction of sp³-hybridized carbons (Fsp3) is 0.310. The lowest BCUT2D eigenvalue weighted by atomic mass is 10.0. The average Bonchev–Trinajstić information content (AvgIpc) is 2.88. The first-order valence-electron chi connectivity index (χ1n) is 12.5. The van der Waals surface area contributed by atoms with Gasteiger partial charge in [-0.25, -0.2) is 8.42 Å². The van der Waals surface area contributed by atoms with Gasteiger partial charge in [0.25, 0.3) is 0 Å². The van der Waals surface area contributed by atoms with Gasteiger partial charge in [0.1, 0.15) is 12.6 Å². The van der Waals surface area contributed by atoms with E-state index in [9.17, 15) is 18.0 Å². The van der Waals surface area contributed by atoms with E-state index in [1.165, 1.54) is 4.90 Å². The number of para-hydroxylation sites is 1. The molecule has 0 saturated carbocycles. The predicted molar refractivity (Wildman–Crippen MR) is 155 cm³/mol. The number of carbonyl (C=O) groups excluding carboxylic acids is 2. The molecule has 1 atom stereocenters. The summed E-state index contributed by atoms with van der Waals surface area (Å²) in [4.78, 5) is 29.0. The zero-order chi connectivity index (χ0) is 27.7. The normalized spacial score (nSPS) is 12.0. The second-order valence-electron chi connectivity index (χ2n) is 9.23. The first-order valence-corrected chi connectivity index (χ1v) is 15.1. The number of amides is 2. The molecule has 0 radical (unpaired) electrons. The average molecular weight is 601 g/mol. The third-order valence-corrected chi connectivity index (χ3v) is 7.85. The molecule has 0 spiro atoms. The van der Waals surface area contributed by atoms with E-state index in [-0.39, 0.29) is 12.5 Å². The zero-order valence-electron chi connectivity index (χ0n) is 21.9. The fourth-order valence-electron chi connectivity index (χ4n) is 4.18. The number of rotatable bonds is 12. The molecular formula is C29H34BrN3O4S. The van der Waals surface area contributed by atoms with Gasteiger partial charge in [0, 0.05) is 24.0 Å². The molecule has 1 N–H and O–H groups in total. The van der Waals surface area contributed by atoms with Crippen LogP contribution < -0.4 is 9.62 Å². The van der Waals surface area contributed by atoms with Gasteiger partial charge in [-0.05, 0) is 52.5 Å². The molecule has 0 aromatic heterocycles. The Kier molecular flexibility index (Phi) is 10.5. The lowest BCUT2D eigenvalue weighted by Crippen LogP contribution is -2.53. The van der Waals surface area contributed by atoms with Crippen molar-refractivity contribution in [3.05, 3.63) is 100 Å². The summed E-state index contributed by atoms with van der Waals surface area (Å²) in [6.45, 7) is 4.11. The second-order valence-corrected chi connectivity index (χ2v) is 12.0. The van der Waals surface area contributed by atoms with Crippen LogP contribution in [0.5, 0.6) is 0 Å². The van der Waals surface area contributed by atoms with Gasteiger partial charge >= 0.3 is 0 Å². The van der Waals surface area contributed by atoms with Crippen molar-refractivity contribution in [2.45, 2.75) is 39.3 Å². The number of carbonyl (C=O) groups is 2. The number of benzene rings is 3. The highest BCUT2D eigenvalue weighted by atomic mass is 79.9. The minimum Gasteiger partial charge on any atom is -0.354 e. The standard InChI is InChI=1S/C29H34BrN3O4S/c1-4-17-31-29(35)27(19-23-12-6-5-7-13-23)32(20-24-14-10-11-22(2)18-24)28(34)21-33(38(3,36)37)26-16-9-8-15-25(26)30/h5-16,18,27H,4,17,19-21H2,1-3H3,(H,31,35). The van der Waals surface area contributed by atoms with Crippen LogP contribution in [0.3, 0.4) is 0 Å². The van der Waals surface area contributed by atoms with E-state index in [0.717, 1.165) is 33.7 Å². The van der Waals surface area contributed by atoms with Crippen molar-refractivity contribution in [3.8, 4) is 0 Å². The SMILES string of the molecule is CCCNC(=O)C(Cc1ccccc1)N(Cc1cccc(C)c1)C(=O)CN(c1ccccc1Br)S(C)(=O)=O. The Balaban J connectivity index is 2.05. The van der Waals surface area contributed by atoms with Crippen LogP contribution in [0.15, 0.2) is 83.3 Å². The van der Waals surface area contributed by atoms with Gasteiger partial charge in [-0.1, -0.05) is 79.2 Å². The van der Waals surface area contributed by atoms with Crippen LogP contribution in [-0.4, -0.2) is 50.5 Å². The number of anilines is 1. The van der Waals surface area contributed by atoms with Crippen molar-refractivity contribution in [1.29, 1.82) is 0 Å². The highest BCUT2D eigenvalue weighted by Crippen LogP contribution is 2.28. The number of halogens is 1. The molecular weight excluding hydrogens is 566 g/mol. The monoisotopic (exact) mass is 599 g/mol. The van der Waals surface area contributed by atoms with E-state index < -0.39 is 28.5 Å². The van der Waals surface area contributed by atoms with Gasteiger partial charge in [-0.3, -0.25) is 13.9 Å². The molecule has 0 saturated heterocycles. The Labute approximate surface area is 234 Å². The molecule has 0 aliphatic carbocycles. The third-order valence-electron chi connectivity index (χ3n) is 6.06. The molecule has 0 bridgehead atoms. The Hall–Kier alpha value is -3.17. The molecule has 0 aliphatic heterocycles. The Bertz CT molecular complexity index is 1350. The van der Waals surface area contributed by atoms with Gasteiger partial charge in [0.15, 0.2) is 0 Å². The lowest BCUT2D eigenvalue weighted by molar-refractivity contribution is -0.140. The van der Waals surface area contributed by atoms with E-state index in [0.29, 0.717) is 23.1 Å². The highest BCUT2D eigenvalue weighted by Gasteiger charge is 2.33. The van der Waals surface area contributed by atoms with Crippen molar-refractivity contribution < 1.29 is 18.0 Å². The summed E-state index contributed by atoms with van der Waals surface area (Å²) in [5.74, 6) is -0.747. The van der Waals surface area contributed by atoms with Gasteiger partial charge in [-0.15, -0.1) is 0 Å². The Morgan fingerprint density at radius 2 is 1.61 bits per heavy atom. The Morgan fingerprint density at radius 1 is 0.947 bits per heavy atom. The van der Waals surface area contributed by atoms with Gasteiger partial charge in [0.05, 0.1) is 11.9 Å². The van der Waals surface area contributed by atoms with Crippen molar-refractivity contribution in [1.82, 2.24) is 10.2 Å². The Morgan fingerprint density at radius 3 is 2.24 bits per heavy atom. The molecule has 202 valence electrons. The maximum atomic E-state index is 14.0. The molecule has 7 nitrogen and oxygen atoms in total. The number of sulfonamides is 1. The van der Waals surface area contributed by atoms with Crippen LogP contribution in [0.4, 0.5) is 5.69 Å². The second kappa shape index (κ2) is 13.6. The van der Waals surface area contributed by atoms with Crippen LogP contribution in [-0.2, 0) is 32.6 Å². The largest absolute Gasteiger partial charge is 0.354 e. The molecule has 38 heavy (non-hydrogen) atoms. The van der Waals surface area contributed by atoms with Crippen molar-refractivity contribution in [3.63, 3.8) is 0 Å². The maximum Gasteiger partial charge on any atom is 0.244 e. The molecule has 0 fully saturated rings. The van der Waals surface area contributed by atoms with Crippen LogP contribution in [0.1, 0.15) is 30.0 Å². The van der Waals surface area contributed by atoms with E-state index >= 15 is 0 Å². The quantitative estimate of drug-likeness (QED) is 0.327. The summed E-state index contributed by atoms with van der Waals surface area (Å²) in [7, 11) is -3.81. The van der Waals surface area contributed by atoms with E-state index in [2.05, 4.69) is 21.2 Å². The molecule has 1 unspecified atom stereocenters. The first-order chi connectivity index (χ1) is 18.1. The smallest absolute Gasteiger partial charge is 0.244 e. The van der Waals surface area contributed by atoms with E-state index in [4.69, 9.17) is 0 Å². The summed E-state index contributed by atoms with van der Waals surface area (Å²) >= 11 is 3.41. The number of nitrogens with one attached hydrogen (secondary N) is 1. The minimum atomic E-state index is -3.81. The van der Waals surface area contributed by atoms with E-state index in [1.807, 2.05) is 68.4 Å². The molecule has 9 heteroatoms. The number of hydrogen-bond donors (Lipinski definition) is 1. The topological polar surface area (TPSA) is 86.8 Å². The van der Waals surface area contributed by atoms with Crippen molar-refractivity contribution in [2.24, 2.45) is 0 Å². The first kappa shape index (κ1) is 29.4. The fourth-order valence-corrected chi connectivity index (χ4v) is 5.65. The van der Waals surface area contributed by atoms with Crippen molar-refractivity contribution in [2.75, 3.05) is 23.7 Å². The van der Waals surface area contributed by atoms with Crippen LogP contribution >= 0.6 is 15.9 Å². The molecule has 3 rings (SSSR count). The molecule has 0 heterocycles. The molecule has 3 aromatic carbocycles. The third kappa shape index (κ3) is 8.16. The maximum absolute atomic E-state index is 14.0. The number of hydrogen-bond acceptors (Lipinski definition) is 4. The summed E-state index contributed by atoms with van der Waals surface area (Å²) in [6, 6.07) is 23.2. The summed E-state index contributed by atoms with van der Waals surface area (Å²) in [5, 5.41) is 2.94. The summed E-state index contributed by atoms with van der Waals surface area (Å²) < 4.78 is 27.3. The van der Waals surface area contributed by atoms with Gasteiger partial charge in [-0.2, -0.15) is 0 Å².